The highest BCUT2D eigenvalue weighted by atomic mass is 32.1. The zero-order chi connectivity index (χ0) is 13.2. The van der Waals surface area contributed by atoms with Crippen molar-refractivity contribution in [3.8, 4) is 0 Å². The fraction of sp³-hybridized carbons (Fsp3) is 0.0714. The minimum Gasteiger partial charge on any atom is -0.475 e. The Bertz CT molecular complexity index is 729. The number of aromatic carboxylic acids is 1. The van der Waals surface area contributed by atoms with E-state index in [0.717, 1.165) is 5.69 Å². The van der Waals surface area contributed by atoms with Crippen LogP contribution in [-0.2, 0) is 6.54 Å². The van der Waals surface area contributed by atoms with Gasteiger partial charge in [-0.1, -0.05) is 0 Å². The lowest BCUT2D eigenvalue weighted by Gasteiger charge is -2.04. The number of nitrogens with one attached hydrogen (secondary N) is 1. The molecule has 0 spiro atoms. The van der Waals surface area contributed by atoms with Crippen molar-refractivity contribution in [2.45, 2.75) is 6.54 Å². The van der Waals surface area contributed by atoms with E-state index in [0.29, 0.717) is 12.3 Å². The van der Waals surface area contributed by atoms with Crippen LogP contribution in [0, 0.1) is 0 Å². The summed E-state index contributed by atoms with van der Waals surface area (Å²) in [5, 5.41) is 15.2. The van der Waals surface area contributed by atoms with Crippen LogP contribution in [0.4, 0.5) is 5.69 Å². The number of carbonyl (C=O) groups is 1. The Hall–Kier alpha value is -2.27. The summed E-state index contributed by atoms with van der Waals surface area (Å²) in [4.78, 5) is 10.7. The molecule has 5 heteroatoms. The molecule has 0 saturated heterocycles. The van der Waals surface area contributed by atoms with E-state index in [1.807, 2.05) is 6.07 Å². The van der Waals surface area contributed by atoms with E-state index >= 15 is 0 Å². The molecular formula is C14H11NO3S. The Labute approximate surface area is 113 Å². The molecule has 2 N–H and O–H groups in total. The van der Waals surface area contributed by atoms with Crippen LogP contribution in [0.3, 0.4) is 0 Å². The van der Waals surface area contributed by atoms with E-state index in [4.69, 9.17) is 9.52 Å². The lowest BCUT2D eigenvalue weighted by atomic mass is 10.2. The molecule has 0 saturated carbocycles. The summed E-state index contributed by atoms with van der Waals surface area (Å²) in [5.41, 5.74) is 0.985. The average molecular weight is 273 g/mol. The molecule has 0 radical (unpaired) electrons. The van der Waals surface area contributed by atoms with Crippen LogP contribution >= 0.6 is 11.3 Å². The van der Waals surface area contributed by atoms with Gasteiger partial charge in [0.1, 0.15) is 5.76 Å². The molecule has 1 aromatic carbocycles. The summed E-state index contributed by atoms with van der Waals surface area (Å²) >= 11 is 1.71. The predicted octanol–water partition coefficient (Wildman–Crippen LogP) is 3.80. The van der Waals surface area contributed by atoms with Gasteiger partial charge in [-0.2, -0.15) is 0 Å². The van der Waals surface area contributed by atoms with Crippen LogP contribution in [0.25, 0.3) is 10.1 Å². The molecule has 0 aliphatic carbocycles. The SMILES string of the molecule is O=C(O)c1ccc(CNc2ccc3sccc3c2)o1. The first kappa shape index (κ1) is 11.8. The highest BCUT2D eigenvalue weighted by Gasteiger charge is 2.08. The van der Waals surface area contributed by atoms with Crippen molar-refractivity contribution in [1.82, 2.24) is 0 Å². The van der Waals surface area contributed by atoms with Crippen molar-refractivity contribution in [1.29, 1.82) is 0 Å². The molecule has 0 amide bonds. The van der Waals surface area contributed by atoms with Gasteiger partial charge < -0.3 is 14.8 Å². The number of benzene rings is 1. The van der Waals surface area contributed by atoms with Gasteiger partial charge in [-0.15, -0.1) is 11.3 Å². The molecule has 0 aliphatic rings. The molecule has 3 aromatic rings. The first-order chi connectivity index (χ1) is 9.22. The quantitative estimate of drug-likeness (QED) is 0.759. The smallest absolute Gasteiger partial charge is 0.371 e. The Morgan fingerprint density at radius 3 is 2.95 bits per heavy atom. The molecule has 4 nitrogen and oxygen atoms in total. The van der Waals surface area contributed by atoms with Gasteiger partial charge in [0.05, 0.1) is 6.54 Å². The molecule has 0 unspecified atom stereocenters. The van der Waals surface area contributed by atoms with E-state index in [-0.39, 0.29) is 5.76 Å². The van der Waals surface area contributed by atoms with E-state index in [1.54, 1.807) is 17.4 Å². The van der Waals surface area contributed by atoms with Gasteiger partial charge in [-0.05, 0) is 47.2 Å². The van der Waals surface area contributed by atoms with Crippen molar-refractivity contribution in [3.05, 3.63) is 53.3 Å². The molecule has 2 heterocycles. The van der Waals surface area contributed by atoms with Gasteiger partial charge >= 0.3 is 5.97 Å². The third-order valence-electron chi connectivity index (χ3n) is 2.79. The number of furan rings is 1. The third-order valence-corrected chi connectivity index (χ3v) is 3.69. The number of carboxylic acid groups (broad SMARTS) is 1. The van der Waals surface area contributed by atoms with Crippen molar-refractivity contribution in [3.63, 3.8) is 0 Å². The van der Waals surface area contributed by atoms with Crippen molar-refractivity contribution < 1.29 is 14.3 Å². The minimum atomic E-state index is -1.05. The number of fused-ring (bicyclic) bond motifs is 1. The van der Waals surface area contributed by atoms with Gasteiger partial charge in [0, 0.05) is 10.4 Å². The lowest BCUT2D eigenvalue weighted by Crippen LogP contribution is -1.98. The monoisotopic (exact) mass is 273 g/mol. The predicted molar refractivity (Wildman–Crippen MR) is 74.8 cm³/mol. The average Bonchev–Trinajstić information content (AvgIpc) is 3.04. The molecule has 0 aliphatic heterocycles. The van der Waals surface area contributed by atoms with Crippen LogP contribution in [0.2, 0.25) is 0 Å². The number of rotatable bonds is 4. The van der Waals surface area contributed by atoms with Gasteiger partial charge in [-0.25, -0.2) is 4.79 Å². The van der Waals surface area contributed by atoms with Gasteiger partial charge in [0.25, 0.3) is 0 Å². The molecule has 19 heavy (non-hydrogen) atoms. The number of hydrogen-bond donors (Lipinski definition) is 2. The third kappa shape index (κ3) is 2.46. The highest BCUT2D eigenvalue weighted by Crippen LogP contribution is 2.24. The van der Waals surface area contributed by atoms with E-state index in [1.165, 1.54) is 16.2 Å². The second-order valence-corrected chi connectivity index (χ2v) is 5.05. The zero-order valence-corrected chi connectivity index (χ0v) is 10.7. The fourth-order valence-corrected chi connectivity index (χ4v) is 2.62. The van der Waals surface area contributed by atoms with Crippen LogP contribution < -0.4 is 5.32 Å². The first-order valence-electron chi connectivity index (χ1n) is 5.75. The summed E-state index contributed by atoms with van der Waals surface area (Å²) in [7, 11) is 0. The zero-order valence-electron chi connectivity index (χ0n) is 9.92. The van der Waals surface area contributed by atoms with Crippen molar-refractivity contribution >= 4 is 33.1 Å². The molecular weight excluding hydrogens is 262 g/mol. The molecule has 96 valence electrons. The Morgan fingerprint density at radius 1 is 1.26 bits per heavy atom. The normalized spacial score (nSPS) is 10.7. The number of hydrogen-bond acceptors (Lipinski definition) is 4. The first-order valence-corrected chi connectivity index (χ1v) is 6.63. The Kier molecular flexibility index (Phi) is 2.97. The van der Waals surface area contributed by atoms with Crippen LogP contribution in [0.15, 0.2) is 46.2 Å². The van der Waals surface area contributed by atoms with Crippen molar-refractivity contribution in [2.24, 2.45) is 0 Å². The van der Waals surface area contributed by atoms with Crippen LogP contribution in [0.1, 0.15) is 16.3 Å². The molecule has 0 atom stereocenters. The van der Waals surface area contributed by atoms with Gasteiger partial charge in [0.2, 0.25) is 5.76 Å². The molecule has 0 bridgehead atoms. The Morgan fingerprint density at radius 2 is 2.16 bits per heavy atom. The van der Waals surface area contributed by atoms with Gasteiger partial charge in [0.15, 0.2) is 0 Å². The van der Waals surface area contributed by atoms with Crippen LogP contribution in [-0.4, -0.2) is 11.1 Å². The standard InChI is InChI=1S/C14H11NO3S/c16-14(17)12-3-2-11(18-12)8-15-10-1-4-13-9(7-10)5-6-19-13/h1-7,15H,8H2,(H,16,17). The second kappa shape index (κ2) is 4.78. The maximum absolute atomic E-state index is 10.7. The summed E-state index contributed by atoms with van der Waals surface area (Å²) in [6, 6.07) is 11.3. The summed E-state index contributed by atoms with van der Waals surface area (Å²) < 4.78 is 6.43. The fourth-order valence-electron chi connectivity index (χ4n) is 1.85. The van der Waals surface area contributed by atoms with E-state index < -0.39 is 5.97 Å². The number of anilines is 1. The van der Waals surface area contributed by atoms with Crippen LogP contribution in [0.5, 0.6) is 0 Å². The molecule has 0 fully saturated rings. The number of carboxylic acids is 1. The number of thiophene rings is 1. The minimum absolute atomic E-state index is 0.0370. The van der Waals surface area contributed by atoms with Gasteiger partial charge in [-0.3, -0.25) is 0 Å². The Balaban J connectivity index is 1.72. The lowest BCUT2D eigenvalue weighted by molar-refractivity contribution is 0.0660. The molecule has 2 aromatic heterocycles. The van der Waals surface area contributed by atoms with Crippen molar-refractivity contribution in [2.75, 3.05) is 5.32 Å². The topological polar surface area (TPSA) is 62.5 Å². The summed E-state index contributed by atoms with van der Waals surface area (Å²) in [5.74, 6) is -0.487. The second-order valence-electron chi connectivity index (χ2n) is 4.10. The van der Waals surface area contributed by atoms with E-state index in [9.17, 15) is 4.79 Å². The molecule has 3 rings (SSSR count). The summed E-state index contributed by atoms with van der Waals surface area (Å²) in [6.07, 6.45) is 0. The largest absolute Gasteiger partial charge is 0.475 e. The van der Waals surface area contributed by atoms with E-state index in [2.05, 4.69) is 28.9 Å². The maximum Gasteiger partial charge on any atom is 0.371 e. The maximum atomic E-state index is 10.7. The summed E-state index contributed by atoms with van der Waals surface area (Å²) in [6.45, 7) is 0.461. The highest BCUT2D eigenvalue weighted by molar-refractivity contribution is 7.17.